The van der Waals surface area contributed by atoms with Gasteiger partial charge in [0.2, 0.25) is 0 Å². The molecule has 1 aliphatic rings. The molecule has 0 spiro atoms. The highest BCUT2D eigenvalue weighted by Gasteiger charge is 1.98. The molecule has 1 heteroatoms. The topological polar surface area (TPSA) is 0 Å². The summed E-state index contributed by atoms with van der Waals surface area (Å²) in [6, 6.07) is 0. The molecule has 0 aromatic heterocycles. The van der Waals surface area contributed by atoms with E-state index in [9.17, 15) is 0 Å². The minimum absolute atomic E-state index is 1.23. The molecule has 0 bridgehead atoms. The smallest absolute Gasteiger partial charge is 0.00619 e. The molecule has 1 aliphatic carbocycles. The van der Waals surface area contributed by atoms with E-state index in [2.05, 4.69) is 41.7 Å². The Labute approximate surface area is 63.8 Å². The van der Waals surface area contributed by atoms with Crippen LogP contribution in [0.3, 0.4) is 0 Å². The first-order chi connectivity index (χ1) is 3.80. The van der Waals surface area contributed by atoms with Crippen molar-refractivity contribution in [1.82, 2.24) is 0 Å². The number of halogens is 1. The maximum atomic E-state index is 2.41. The van der Waals surface area contributed by atoms with Crippen molar-refractivity contribution in [3.05, 3.63) is 21.3 Å². The summed E-state index contributed by atoms with van der Waals surface area (Å²) in [6.45, 7) is 2.16. The van der Waals surface area contributed by atoms with E-state index in [4.69, 9.17) is 0 Å². The molecule has 0 N–H and O–H groups in total. The number of hydrogen-bond donors (Lipinski definition) is 0. The SMILES string of the molecule is CC1=C(I)CCC=C1. The molecule has 0 radical (unpaired) electrons. The largest absolute Gasteiger partial charge is 0.0839 e. The molecule has 0 atom stereocenters. The van der Waals surface area contributed by atoms with E-state index in [1.54, 1.807) is 0 Å². The standard InChI is InChI=1S/C7H9I/c1-6-4-2-3-5-7(6)8/h2,4H,3,5H2,1H3. The van der Waals surface area contributed by atoms with Gasteiger partial charge in [0.1, 0.15) is 0 Å². The summed E-state index contributed by atoms with van der Waals surface area (Å²) in [4.78, 5) is 0. The van der Waals surface area contributed by atoms with Crippen LogP contribution in [0.2, 0.25) is 0 Å². The van der Waals surface area contributed by atoms with E-state index in [-0.39, 0.29) is 0 Å². The van der Waals surface area contributed by atoms with E-state index in [0.29, 0.717) is 0 Å². The molecule has 44 valence electrons. The van der Waals surface area contributed by atoms with Gasteiger partial charge in [0, 0.05) is 0 Å². The zero-order chi connectivity index (χ0) is 5.98. The van der Waals surface area contributed by atoms with Crippen LogP contribution in [0.15, 0.2) is 21.3 Å². The lowest BCUT2D eigenvalue weighted by Crippen LogP contribution is -1.82. The van der Waals surface area contributed by atoms with Crippen molar-refractivity contribution in [1.29, 1.82) is 0 Å². The monoisotopic (exact) mass is 220 g/mol. The third kappa shape index (κ3) is 1.34. The first-order valence-corrected chi connectivity index (χ1v) is 3.90. The highest BCUT2D eigenvalue weighted by atomic mass is 127. The summed E-state index contributed by atoms with van der Waals surface area (Å²) in [5.74, 6) is 0. The Hall–Kier alpha value is 0.210. The highest BCUT2D eigenvalue weighted by molar-refractivity contribution is 14.1. The molecule has 8 heavy (non-hydrogen) atoms. The quantitative estimate of drug-likeness (QED) is 0.550. The molecule has 1 rings (SSSR count). The highest BCUT2D eigenvalue weighted by Crippen LogP contribution is 2.23. The first kappa shape index (κ1) is 6.33. The van der Waals surface area contributed by atoms with E-state index in [1.165, 1.54) is 22.0 Å². The average Bonchev–Trinajstić information content (AvgIpc) is 1.77. The van der Waals surface area contributed by atoms with E-state index >= 15 is 0 Å². The van der Waals surface area contributed by atoms with Gasteiger partial charge in [-0.2, -0.15) is 0 Å². The maximum Gasteiger partial charge on any atom is -0.00619 e. The zero-order valence-corrected chi connectivity index (χ0v) is 7.10. The number of rotatable bonds is 0. The van der Waals surface area contributed by atoms with Crippen LogP contribution in [0.1, 0.15) is 19.8 Å². The molecule has 0 saturated carbocycles. The molecule has 0 nitrogen and oxygen atoms in total. The zero-order valence-electron chi connectivity index (χ0n) is 4.95. The predicted octanol–water partition coefficient (Wildman–Crippen LogP) is 3.05. The van der Waals surface area contributed by atoms with Gasteiger partial charge >= 0.3 is 0 Å². The van der Waals surface area contributed by atoms with Crippen molar-refractivity contribution in [3.8, 4) is 0 Å². The van der Waals surface area contributed by atoms with Gasteiger partial charge in [0.15, 0.2) is 0 Å². The Morgan fingerprint density at radius 1 is 1.62 bits per heavy atom. The summed E-state index contributed by atoms with van der Waals surface area (Å²) in [5.41, 5.74) is 1.44. The van der Waals surface area contributed by atoms with Crippen LogP contribution in [0.25, 0.3) is 0 Å². The van der Waals surface area contributed by atoms with Gasteiger partial charge < -0.3 is 0 Å². The Morgan fingerprint density at radius 2 is 2.38 bits per heavy atom. The van der Waals surface area contributed by atoms with Crippen molar-refractivity contribution >= 4 is 22.6 Å². The molecule has 0 amide bonds. The van der Waals surface area contributed by atoms with Crippen molar-refractivity contribution < 1.29 is 0 Å². The van der Waals surface area contributed by atoms with Gasteiger partial charge in [-0.15, -0.1) is 0 Å². The van der Waals surface area contributed by atoms with Gasteiger partial charge in [0.25, 0.3) is 0 Å². The summed E-state index contributed by atoms with van der Waals surface area (Å²) in [5, 5.41) is 0. The van der Waals surface area contributed by atoms with Gasteiger partial charge in [-0.1, -0.05) is 12.2 Å². The molecule has 0 heterocycles. The Kier molecular flexibility index (Phi) is 2.11. The molecule has 0 saturated heterocycles. The number of hydrogen-bond acceptors (Lipinski definition) is 0. The minimum Gasteiger partial charge on any atom is -0.0839 e. The second kappa shape index (κ2) is 2.67. The van der Waals surface area contributed by atoms with Crippen LogP contribution in [0.4, 0.5) is 0 Å². The van der Waals surface area contributed by atoms with Crippen molar-refractivity contribution in [2.45, 2.75) is 19.8 Å². The lowest BCUT2D eigenvalue weighted by atomic mass is 10.1. The van der Waals surface area contributed by atoms with E-state index in [1.807, 2.05) is 0 Å². The maximum absolute atomic E-state index is 2.41. The third-order valence-electron chi connectivity index (χ3n) is 1.33. The van der Waals surface area contributed by atoms with E-state index < -0.39 is 0 Å². The molecular formula is C7H9I. The fraction of sp³-hybridized carbons (Fsp3) is 0.429. The summed E-state index contributed by atoms with van der Waals surface area (Å²) in [7, 11) is 0. The fourth-order valence-corrected chi connectivity index (χ4v) is 1.25. The van der Waals surface area contributed by atoms with Crippen LogP contribution in [0.5, 0.6) is 0 Å². The molecule has 0 fully saturated rings. The molecule has 0 aromatic rings. The first-order valence-electron chi connectivity index (χ1n) is 2.82. The molecule has 0 unspecified atom stereocenters. The van der Waals surface area contributed by atoms with Gasteiger partial charge in [0.05, 0.1) is 0 Å². The van der Waals surface area contributed by atoms with Crippen LogP contribution >= 0.6 is 22.6 Å². The summed E-state index contributed by atoms with van der Waals surface area (Å²) >= 11 is 2.41. The third-order valence-corrected chi connectivity index (χ3v) is 2.72. The predicted molar refractivity (Wildman–Crippen MR) is 45.1 cm³/mol. The summed E-state index contributed by atoms with van der Waals surface area (Å²) < 4.78 is 1.52. The lowest BCUT2D eigenvalue weighted by Gasteiger charge is -2.04. The molecule has 0 aromatic carbocycles. The Bertz CT molecular complexity index is 142. The lowest BCUT2D eigenvalue weighted by molar-refractivity contribution is 1.01. The number of allylic oxidation sites excluding steroid dienone is 4. The Balaban J connectivity index is 2.76. The Morgan fingerprint density at radius 3 is 2.75 bits per heavy atom. The van der Waals surface area contributed by atoms with Crippen molar-refractivity contribution in [3.63, 3.8) is 0 Å². The van der Waals surface area contributed by atoms with Crippen LogP contribution in [-0.2, 0) is 0 Å². The van der Waals surface area contributed by atoms with Crippen LogP contribution in [0, 0.1) is 0 Å². The summed E-state index contributed by atoms with van der Waals surface area (Å²) in [6.07, 6.45) is 6.92. The average molecular weight is 220 g/mol. The minimum atomic E-state index is 1.23. The second-order valence-electron chi connectivity index (χ2n) is 2.03. The fourth-order valence-electron chi connectivity index (χ4n) is 0.758. The van der Waals surface area contributed by atoms with Crippen molar-refractivity contribution in [2.75, 3.05) is 0 Å². The second-order valence-corrected chi connectivity index (χ2v) is 3.33. The van der Waals surface area contributed by atoms with Gasteiger partial charge in [-0.25, -0.2) is 0 Å². The molecule has 0 aliphatic heterocycles. The van der Waals surface area contributed by atoms with Gasteiger partial charge in [-0.3, -0.25) is 0 Å². The van der Waals surface area contributed by atoms with E-state index in [0.717, 1.165) is 0 Å². The van der Waals surface area contributed by atoms with Crippen LogP contribution < -0.4 is 0 Å². The van der Waals surface area contributed by atoms with Crippen LogP contribution in [-0.4, -0.2) is 0 Å². The molecular weight excluding hydrogens is 211 g/mol. The normalized spacial score (nSPS) is 19.8. The van der Waals surface area contributed by atoms with Gasteiger partial charge in [-0.05, 0) is 51.5 Å². The van der Waals surface area contributed by atoms with Crippen molar-refractivity contribution in [2.24, 2.45) is 0 Å².